The molecule has 24 heavy (non-hydrogen) atoms. The van der Waals surface area contributed by atoms with Crippen LogP contribution in [0.1, 0.15) is 44.9 Å². The smallest absolute Gasteiger partial charge is 0.222 e. The van der Waals surface area contributed by atoms with Crippen molar-refractivity contribution < 1.29 is 9.53 Å². The Morgan fingerprint density at radius 1 is 1.29 bits per heavy atom. The molecule has 6 nitrogen and oxygen atoms in total. The van der Waals surface area contributed by atoms with E-state index in [0.717, 1.165) is 30.3 Å². The molecule has 1 aliphatic carbocycles. The van der Waals surface area contributed by atoms with Crippen molar-refractivity contribution in [3.8, 4) is 0 Å². The summed E-state index contributed by atoms with van der Waals surface area (Å²) in [5, 5.41) is 11.4. The van der Waals surface area contributed by atoms with E-state index in [0.29, 0.717) is 19.6 Å². The molecule has 1 amide bonds. The van der Waals surface area contributed by atoms with Crippen LogP contribution < -0.4 is 5.32 Å². The first kappa shape index (κ1) is 15.6. The number of ether oxygens (including phenoxy) is 1. The third-order valence-electron chi connectivity index (χ3n) is 5.31. The van der Waals surface area contributed by atoms with Gasteiger partial charge in [-0.25, -0.2) is 4.68 Å². The van der Waals surface area contributed by atoms with Crippen LogP contribution in [0, 0.1) is 0 Å². The van der Waals surface area contributed by atoms with Crippen LogP contribution in [0.5, 0.6) is 0 Å². The number of hydrogen-bond acceptors (Lipinski definition) is 4. The van der Waals surface area contributed by atoms with Crippen molar-refractivity contribution in [3.05, 3.63) is 24.3 Å². The predicted octanol–water partition coefficient (Wildman–Crippen LogP) is 2.43. The number of amides is 1. The van der Waals surface area contributed by atoms with Crippen molar-refractivity contribution in [1.82, 2.24) is 20.3 Å². The molecule has 2 heterocycles. The van der Waals surface area contributed by atoms with Gasteiger partial charge in [0, 0.05) is 6.42 Å². The average molecular weight is 328 g/mol. The van der Waals surface area contributed by atoms with Crippen molar-refractivity contribution in [2.75, 3.05) is 6.61 Å². The summed E-state index contributed by atoms with van der Waals surface area (Å²) in [4.78, 5) is 12.3. The molecular formula is C18H24N4O2. The molecule has 1 atom stereocenters. The van der Waals surface area contributed by atoms with E-state index in [9.17, 15) is 4.79 Å². The van der Waals surface area contributed by atoms with Gasteiger partial charge < -0.3 is 10.1 Å². The Kier molecular flexibility index (Phi) is 4.22. The monoisotopic (exact) mass is 328 g/mol. The molecular weight excluding hydrogens is 304 g/mol. The van der Waals surface area contributed by atoms with Crippen LogP contribution in [0.2, 0.25) is 0 Å². The minimum Gasteiger partial charge on any atom is -0.373 e. The van der Waals surface area contributed by atoms with Gasteiger partial charge in [-0.2, -0.15) is 0 Å². The van der Waals surface area contributed by atoms with Gasteiger partial charge in [-0.3, -0.25) is 4.79 Å². The van der Waals surface area contributed by atoms with Crippen molar-refractivity contribution in [2.45, 2.75) is 63.1 Å². The fourth-order valence-corrected chi connectivity index (χ4v) is 4.07. The maximum absolute atomic E-state index is 12.3. The van der Waals surface area contributed by atoms with Gasteiger partial charge in [-0.15, -0.1) is 5.10 Å². The zero-order chi connectivity index (χ0) is 16.4. The van der Waals surface area contributed by atoms with Crippen LogP contribution in [-0.2, 0) is 16.1 Å². The van der Waals surface area contributed by atoms with E-state index in [1.165, 1.54) is 19.3 Å². The molecule has 0 bridgehead atoms. The number of rotatable bonds is 4. The molecule has 2 aromatic rings. The Balaban J connectivity index is 1.29. The van der Waals surface area contributed by atoms with Crippen LogP contribution >= 0.6 is 0 Å². The Labute approximate surface area is 141 Å². The Bertz CT molecular complexity index is 721. The highest BCUT2D eigenvalue weighted by Gasteiger charge is 2.41. The van der Waals surface area contributed by atoms with E-state index < -0.39 is 0 Å². The van der Waals surface area contributed by atoms with Gasteiger partial charge in [-0.1, -0.05) is 36.6 Å². The lowest BCUT2D eigenvalue weighted by atomic mass is 9.82. The summed E-state index contributed by atoms with van der Waals surface area (Å²) in [6, 6.07) is 7.96. The Morgan fingerprint density at radius 2 is 2.12 bits per heavy atom. The molecule has 1 aliphatic heterocycles. The number of benzene rings is 1. The largest absolute Gasteiger partial charge is 0.373 e. The number of para-hydroxylation sites is 1. The number of aromatic nitrogens is 3. The summed E-state index contributed by atoms with van der Waals surface area (Å²) in [7, 11) is 0. The quantitative estimate of drug-likeness (QED) is 0.936. The molecule has 1 unspecified atom stereocenters. The molecule has 2 fully saturated rings. The molecule has 6 heteroatoms. The van der Waals surface area contributed by atoms with Crippen molar-refractivity contribution in [2.24, 2.45) is 0 Å². The molecule has 4 rings (SSSR count). The lowest BCUT2D eigenvalue weighted by Gasteiger charge is -2.32. The number of nitrogens with zero attached hydrogens (tertiary/aromatic N) is 3. The summed E-state index contributed by atoms with van der Waals surface area (Å²) in [6.07, 6.45) is 7.48. The van der Waals surface area contributed by atoms with Crippen LogP contribution in [0.15, 0.2) is 24.3 Å². The van der Waals surface area contributed by atoms with Crippen LogP contribution in [0.25, 0.3) is 11.0 Å². The first-order valence-corrected chi connectivity index (χ1v) is 8.96. The average Bonchev–Trinajstić information content (AvgIpc) is 3.18. The predicted molar refractivity (Wildman–Crippen MR) is 90.5 cm³/mol. The summed E-state index contributed by atoms with van der Waals surface area (Å²) in [6.45, 7) is 1.20. The minimum atomic E-state index is 0.0400. The zero-order valence-electron chi connectivity index (χ0n) is 13.9. The third-order valence-corrected chi connectivity index (χ3v) is 5.31. The molecule has 1 N–H and O–H groups in total. The Morgan fingerprint density at radius 3 is 3.00 bits per heavy atom. The van der Waals surface area contributed by atoms with Gasteiger partial charge in [0.15, 0.2) is 0 Å². The first-order chi connectivity index (χ1) is 11.7. The van der Waals surface area contributed by atoms with E-state index >= 15 is 0 Å². The zero-order valence-corrected chi connectivity index (χ0v) is 13.9. The summed E-state index contributed by atoms with van der Waals surface area (Å²) >= 11 is 0. The summed E-state index contributed by atoms with van der Waals surface area (Å²) in [5.74, 6) is 0.0658. The lowest BCUT2D eigenvalue weighted by Crippen LogP contribution is -2.37. The highest BCUT2D eigenvalue weighted by atomic mass is 16.5. The highest BCUT2D eigenvalue weighted by molar-refractivity contribution is 5.77. The van der Waals surface area contributed by atoms with Gasteiger partial charge >= 0.3 is 0 Å². The molecule has 2 aliphatic rings. The number of nitrogens with one attached hydrogen (secondary N) is 1. The van der Waals surface area contributed by atoms with E-state index in [1.54, 1.807) is 4.68 Å². The maximum Gasteiger partial charge on any atom is 0.222 e. The molecule has 128 valence electrons. The first-order valence-electron chi connectivity index (χ1n) is 8.96. The van der Waals surface area contributed by atoms with E-state index in [1.807, 2.05) is 24.3 Å². The second-order valence-corrected chi connectivity index (χ2v) is 7.07. The molecule has 1 aromatic heterocycles. The topological polar surface area (TPSA) is 69.0 Å². The van der Waals surface area contributed by atoms with E-state index in [-0.39, 0.29) is 17.6 Å². The SMILES string of the molecule is O=C(CCn1nnc2ccccc21)NC1COC2(CCCCC2)C1. The van der Waals surface area contributed by atoms with Gasteiger partial charge in [-0.05, 0) is 31.4 Å². The molecule has 1 saturated carbocycles. The molecule has 1 aromatic carbocycles. The van der Waals surface area contributed by atoms with Gasteiger partial charge in [0.25, 0.3) is 0 Å². The third kappa shape index (κ3) is 3.15. The second kappa shape index (κ2) is 6.51. The number of aryl methyl sites for hydroxylation is 1. The second-order valence-electron chi connectivity index (χ2n) is 7.07. The highest BCUT2D eigenvalue weighted by Crippen LogP contribution is 2.39. The van der Waals surface area contributed by atoms with Crippen molar-refractivity contribution >= 4 is 16.9 Å². The number of carbonyl (C=O) groups is 1. The maximum atomic E-state index is 12.3. The fraction of sp³-hybridized carbons (Fsp3) is 0.611. The summed E-state index contributed by atoms with van der Waals surface area (Å²) in [5.41, 5.74) is 1.87. The summed E-state index contributed by atoms with van der Waals surface area (Å²) < 4.78 is 7.86. The van der Waals surface area contributed by atoms with Gasteiger partial charge in [0.2, 0.25) is 5.91 Å². The number of fused-ring (bicyclic) bond motifs is 1. The fourth-order valence-electron chi connectivity index (χ4n) is 4.07. The Hall–Kier alpha value is -1.95. The van der Waals surface area contributed by atoms with Gasteiger partial charge in [0.1, 0.15) is 5.52 Å². The lowest BCUT2D eigenvalue weighted by molar-refractivity contribution is -0.122. The standard InChI is InChI=1S/C18H24N4O2/c23-17(8-11-22-16-7-3-2-6-15(16)20-21-22)19-14-12-18(24-13-14)9-4-1-5-10-18/h2-3,6-7,14H,1,4-5,8-13H2,(H,19,23). The van der Waals surface area contributed by atoms with Crippen molar-refractivity contribution in [3.63, 3.8) is 0 Å². The normalized spacial score (nSPS) is 22.9. The van der Waals surface area contributed by atoms with Crippen LogP contribution in [-0.4, -0.2) is 39.2 Å². The molecule has 0 radical (unpaired) electrons. The van der Waals surface area contributed by atoms with Crippen LogP contribution in [0.4, 0.5) is 0 Å². The van der Waals surface area contributed by atoms with E-state index in [2.05, 4.69) is 15.6 Å². The molecule has 1 saturated heterocycles. The minimum absolute atomic E-state index is 0.0400. The van der Waals surface area contributed by atoms with E-state index in [4.69, 9.17) is 4.74 Å². The number of carbonyl (C=O) groups excluding carboxylic acids is 1. The van der Waals surface area contributed by atoms with Crippen LogP contribution in [0.3, 0.4) is 0 Å². The molecule has 1 spiro atoms. The van der Waals surface area contributed by atoms with Crippen molar-refractivity contribution in [1.29, 1.82) is 0 Å². The number of hydrogen-bond donors (Lipinski definition) is 1. The van der Waals surface area contributed by atoms with Gasteiger partial charge in [0.05, 0.1) is 30.3 Å².